The van der Waals surface area contributed by atoms with Gasteiger partial charge in [-0.1, -0.05) is 0 Å². The Bertz CT molecular complexity index is 257. The van der Waals surface area contributed by atoms with Gasteiger partial charge in [-0.05, 0) is 14.0 Å². The summed E-state index contributed by atoms with van der Waals surface area (Å²) in [6.07, 6.45) is -4.35. The molecule has 1 saturated heterocycles. The molecule has 1 unspecified atom stereocenters. The van der Waals surface area contributed by atoms with Crippen LogP contribution in [0.15, 0.2) is 0 Å². The number of nitrogens with one attached hydrogen (secondary N) is 1. The minimum absolute atomic E-state index is 0.172. The molecule has 0 bridgehead atoms. The SMILES string of the molecule is CC1CN(C(=O)NCC(F)(F)F)CCN1C. The second kappa shape index (κ2) is 4.90. The van der Waals surface area contributed by atoms with Gasteiger partial charge >= 0.3 is 12.2 Å². The maximum absolute atomic E-state index is 11.9. The number of amides is 2. The van der Waals surface area contributed by atoms with Crippen molar-refractivity contribution in [2.24, 2.45) is 0 Å². The van der Waals surface area contributed by atoms with E-state index in [0.29, 0.717) is 19.6 Å². The standard InChI is InChI=1S/C9H16F3N3O/c1-7-5-15(4-3-14(7)2)8(16)13-6-9(10,11)12/h7H,3-6H2,1-2H3,(H,13,16). The van der Waals surface area contributed by atoms with Crippen molar-refractivity contribution in [1.82, 2.24) is 15.1 Å². The number of hydrogen-bond acceptors (Lipinski definition) is 2. The normalized spacial score (nSPS) is 23.3. The zero-order chi connectivity index (χ0) is 12.3. The summed E-state index contributed by atoms with van der Waals surface area (Å²) in [4.78, 5) is 14.9. The van der Waals surface area contributed by atoms with Crippen LogP contribution in [0.4, 0.5) is 18.0 Å². The van der Waals surface area contributed by atoms with Gasteiger partial charge in [-0.25, -0.2) is 4.79 Å². The van der Waals surface area contributed by atoms with Gasteiger partial charge in [0.1, 0.15) is 6.54 Å². The summed E-state index contributed by atoms with van der Waals surface area (Å²) in [5.41, 5.74) is 0. The van der Waals surface area contributed by atoms with Crippen molar-refractivity contribution in [3.05, 3.63) is 0 Å². The molecule has 1 aliphatic rings. The molecule has 4 nitrogen and oxygen atoms in total. The van der Waals surface area contributed by atoms with Crippen LogP contribution in [0.3, 0.4) is 0 Å². The van der Waals surface area contributed by atoms with Crippen molar-refractivity contribution in [2.45, 2.75) is 19.1 Å². The van der Waals surface area contributed by atoms with Crippen LogP contribution in [-0.2, 0) is 0 Å². The molecule has 7 heteroatoms. The van der Waals surface area contributed by atoms with Crippen molar-refractivity contribution < 1.29 is 18.0 Å². The third kappa shape index (κ3) is 3.88. The Balaban J connectivity index is 2.38. The molecule has 1 aliphatic heterocycles. The topological polar surface area (TPSA) is 35.6 Å². The lowest BCUT2D eigenvalue weighted by molar-refractivity contribution is -0.123. The van der Waals surface area contributed by atoms with E-state index in [9.17, 15) is 18.0 Å². The Labute approximate surface area is 92.4 Å². The number of carbonyl (C=O) groups excluding carboxylic acids is 1. The summed E-state index contributed by atoms with van der Waals surface area (Å²) >= 11 is 0. The van der Waals surface area contributed by atoms with Gasteiger partial charge in [0, 0.05) is 25.7 Å². The van der Waals surface area contributed by atoms with Crippen LogP contribution in [0.2, 0.25) is 0 Å². The first kappa shape index (κ1) is 13.1. The Hall–Kier alpha value is -0.980. The van der Waals surface area contributed by atoms with E-state index in [-0.39, 0.29) is 6.04 Å². The molecule has 0 aliphatic carbocycles. The first-order valence-electron chi connectivity index (χ1n) is 5.09. The van der Waals surface area contributed by atoms with E-state index in [0.717, 1.165) is 0 Å². The van der Waals surface area contributed by atoms with Gasteiger partial charge in [-0.15, -0.1) is 0 Å². The fourth-order valence-corrected chi connectivity index (χ4v) is 1.52. The quantitative estimate of drug-likeness (QED) is 0.737. The minimum atomic E-state index is -4.35. The van der Waals surface area contributed by atoms with E-state index in [2.05, 4.69) is 4.90 Å². The predicted molar refractivity (Wildman–Crippen MR) is 53.1 cm³/mol. The Morgan fingerprint density at radius 2 is 2.06 bits per heavy atom. The Kier molecular flexibility index (Phi) is 4.01. The number of piperazine rings is 1. The van der Waals surface area contributed by atoms with E-state index in [4.69, 9.17) is 0 Å². The largest absolute Gasteiger partial charge is 0.405 e. The summed E-state index contributed by atoms with van der Waals surface area (Å²) < 4.78 is 35.6. The van der Waals surface area contributed by atoms with Gasteiger partial charge < -0.3 is 15.1 Å². The van der Waals surface area contributed by atoms with Crippen LogP contribution in [0.25, 0.3) is 0 Å². The average Bonchev–Trinajstić information content (AvgIpc) is 2.17. The monoisotopic (exact) mass is 239 g/mol. The zero-order valence-electron chi connectivity index (χ0n) is 9.34. The first-order chi connectivity index (χ1) is 7.29. The van der Waals surface area contributed by atoms with Gasteiger partial charge in [-0.3, -0.25) is 0 Å². The molecule has 0 aromatic carbocycles. The zero-order valence-corrected chi connectivity index (χ0v) is 9.34. The highest BCUT2D eigenvalue weighted by atomic mass is 19.4. The van der Waals surface area contributed by atoms with Gasteiger partial charge in [-0.2, -0.15) is 13.2 Å². The van der Waals surface area contributed by atoms with Gasteiger partial charge in [0.2, 0.25) is 0 Å². The highest BCUT2D eigenvalue weighted by molar-refractivity contribution is 5.74. The molecule has 0 aromatic heterocycles. The summed E-state index contributed by atoms with van der Waals surface area (Å²) in [5.74, 6) is 0. The maximum atomic E-state index is 11.9. The molecule has 0 saturated carbocycles. The van der Waals surface area contributed by atoms with Crippen LogP contribution in [0.5, 0.6) is 0 Å². The Morgan fingerprint density at radius 1 is 1.44 bits per heavy atom. The summed E-state index contributed by atoms with van der Waals surface area (Å²) in [6.45, 7) is 2.26. The minimum Gasteiger partial charge on any atom is -0.329 e. The number of nitrogens with zero attached hydrogens (tertiary/aromatic N) is 2. The average molecular weight is 239 g/mol. The molecule has 1 N–H and O–H groups in total. The van der Waals surface area contributed by atoms with Crippen LogP contribution in [0, 0.1) is 0 Å². The lowest BCUT2D eigenvalue weighted by Gasteiger charge is -2.37. The number of likely N-dealkylation sites (N-methyl/N-ethyl adjacent to an activating group) is 1. The first-order valence-corrected chi connectivity index (χ1v) is 5.09. The van der Waals surface area contributed by atoms with Gasteiger partial charge in [0.25, 0.3) is 0 Å². The van der Waals surface area contributed by atoms with E-state index in [1.807, 2.05) is 19.3 Å². The van der Waals surface area contributed by atoms with E-state index < -0.39 is 18.8 Å². The smallest absolute Gasteiger partial charge is 0.329 e. The highest BCUT2D eigenvalue weighted by Crippen LogP contribution is 2.13. The molecular formula is C9H16F3N3O. The van der Waals surface area contributed by atoms with Crippen LogP contribution < -0.4 is 5.32 Å². The molecule has 1 atom stereocenters. The number of carbonyl (C=O) groups is 1. The van der Waals surface area contributed by atoms with E-state index >= 15 is 0 Å². The maximum Gasteiger partial charge on any atom is 0.405 e. The number of urea groups is 1. The number of alkyl halides is 3. The van der Waals surface area contributed by atoms with Crippen molar-refractivity contribution in [3.63, 3.8) is 0 Å². The lowest BCUT2D eigenvalue weighted by Crippen LogP contribution is -2.55. The van der Waals surface area contributed by atoms with Gasteiger partial charge in [0.05, 0.1) is 0 Å². The van der Waals surface area contributed by atoms with Crippen molar-refractivity contribution in [3.8, 4) is 0 Å². The highest BCUT2D eigenvalue weighted by Gasteiger charge is 2.30. The molecule has 1 rings (SSSR count). The molecule has 16 heavy (non-hydrogen) atoms. The second-order valence-electron chi connectivity index (χ2n) is 4.05. The third-order valence-electron chi connectivity index (χ3n) is 2.69. The lowest BCUT2D eigenvalue weighted by atomic mass is 10.2. The van der Waals surface area contributed by atoms with E-state index in [1.54, 1.807) is 0 Å². The second-order valence-corrected chi connectivity index (χ2v) is 4.05. The molecule has 0 spiro atoms. The molecular weight excluding hydrogens is 223 g/mol. The summed E-state index contributed by atoms with van der Waals surface area (Å²) in [6, 6.07) is -0.470. The fourth-order valence-electron chi connectivity index (χ4n) is 1.52. The number of halogens is 3. The fraction of sp³-hybridized carbons (Fsp3) is 0.889. The summed E-state index contributed by atoms with van der Waals surface area (Å²) in [7, 11) is 1.93. The number of rotatable bonds is 1. The molecule has 2 amide bonds. The Morgan fingerprint density at radius 3 is 2.56 bits per heavy atom. The predicted octanol–water partition coefficient (Wildman–Crippen LogP) is 0.894. The van der Waals surface area contributed by atoms with Crippen molar-refractivity contribution in [1.29, 1.82) is 0 Å². The van der Waals surface area contributed by atoms with Crippen molar-refractivity contribution >= 4 is 6.03 Å². The van der Waals surface area contributed by atoms with Crippen LogP contribution >= 0.6 is 0 Å². The van der Waals surface area contributed by atoms with E-state index in [1.165, 1.54) is 4.90 Å². The van der Waals surface area contributed by atoms with Crippen molar-refractivity contribution in [2.75, 3.05) is 33.2 Å². The molecule has 0 aromatic rings. The molecule has 1 fully saturated rings. The molecule has 1 heterocycles. The van der Waals surface area contributed by atoms with Gasteiger partial charge in [0.15, 0.2) is 0 Å². The molecule has 94 valence electrons. The summed E-state index contributed by atoms with van der Waals surface area (Å²) in [5, 5.41) is 1.87. The number of hydrogen-bond donors (Lipinski definition) is 1. The third-order valence-corrected chi connectivity index (χ3v) is 2.69. The van der Waals surface area contributed by atoms with Crippen LogP contribution in [0.1, 0.15) is 6.92 Å². The van der Waals surface area contributed by atoms with Crippen LogP contribution in [-0.4, -0.2) is 61.3 Å². The molecule has 0 radical (unpaired) electrons.